The van der Waals surface area contributed by atoms with Gasteiger partial charge in [0, 0.05) is 27.8 Å². The van der Waals surface area contributed by atoms with Gasteiger partial charge in [-0.1, -0.05) is 57.0 Å². The van der Waals surface area contributed by atoms with Gasteiger partial charge in [0.25, 0.3) is 0 Å². The predicted octanol–water partition coefficient (Wildman–Crippen LogP) is 4.93. The predicted molar refractivity (Wildman–Crippen MR) is 125 cm³/mol. The third-order valence-electron chi connectivity index (χ3n) is 6.00. The van der Waals surface area contributed by atoms with Crippen LogP contribution in [0.15, 0.2) is 53.4 Å². The van der Waals surface area contributed by atoms with Crippen LogP contribution >= 0.6 is 0 Å². The van der Waals surface area contributed by atoms with Gasteiger partial charge >= 0.3 is 5.97 Å². The Morgan fingerprint density at radius 1 is 1.29 bits per heavy atom. The maximum Gasteiger partial charge on any atom is 0.328 e. The molecule has 1 aliphatic rings. The molecule has 0 saturated heterocycles. The first-order valence-electron chi connectivity index (χ1n) is 10.8. The Morgan fingerprint density at radius 2 is 2.03 bits per heavy atom. The lowest BCUT2D eigenvalue weighted by atomic mass is 9.88. The summed E-state index contributed by atoms with van der Waals surface area (Å²) in [6, 6.07) is 13.8. The number of hydrogen-bond donors (Lipinski definition) is 2. The molecular weight excluding hydrogens is 410 g/mol. The van der Waals surface area contributed by atoms with Crippen molar-refractivity contribution in [2.45, 2.75) is 56.0 Å². The number of methoxy groups -OCH3 is 1. The van der Waals surface area contributed by atoms with Crippen LogP contribution in [-0.4, -0.2) is 33.7 Å². The van der Waals surface area contributed by atoms with Crippen LogP contribution in [-0.2, 0) is 15.6 Å². The fourth-order valence-electron chi connectivity index (χ4n) is 4.19. The number of unbranched alkanes of at least 4 members (excludes halogenated alkanes) is 1. The average molecular weight is 442 g/mol. The zero-order valence-corrected chi connectivity index (χ0v) is 19.2. The number of carbonyl (C=O) groups is 1. The summed E-state index contributed by atoms with van der Waals surface area (Å²) >= 11 is 0. The largest absolute Gasteiger partial charge is 0.496 e. The summed E-state index contributed by atoms with van der Waals surface area (Å²) in [4.78, 5) is 11.8. The summed E-state index contributed by atoms with van der Waals surface area (Å²) in [6.07, 6.45) is 6.54. The van der Waals surface area contributed by atoms with Crippen LogP contribution in [0.5, 0.6) is 5.75 Å². The average Bonchev–Trinajstić information content (AvgIpc) is 2.90. The quantitative estimate of drug-likeness (QED) is 0.568. The molecule has 0 amide bonds. The number of benzene rings is 2. The van der Waals surface area contributed by atoms with Crippen molar-refractivity contribution in [2.75, 3.05) is 12.9 Å². The van der Waals surface area contributed by atoms with Gasteiger partial charge in [-0.15, -0.1) is 0 Å². The van der Waals surface area contributed by atoms with Crippen LogP contribution in [0.3, 0.4) is 0 Å². The van der Waals surface area contributed by atoms with Crippen molar-refractivity contribution >= 4 is 22.8 Å². The van der Waals surface area contributed by atoms with Crippen LogP contribution < -0.4 is 10.1 Å². The van der Waals surface area contributed by atoms with Gasteiger partial charge in [0.15, 0.2) is 0 Å². The molecule has 1 heterocycles. The monoisotopic (exact) mass is 441 g/mol. The first-order valence-corrected chi connectivity index (χ1v) is 12.1. The van der Waals surface area contributed by atoms with Gasteiger partial charge in [0.1, 0.15) is 5.75 Å². The maximum atomic E-state index is 13.6. The van der Waals surface area contributed by atoms with E-state index in [1.165, 1.54) is 6.08 Å². The maximum absolute atomic E-state index is 13.6. The van der Waals surface area contributed by atoms with Crippen molar-refractivity contribution in [3.63, 3.8) is 0 Å². The number of fused-ring (bicyclic) bond motifs is 1. The van der Waals surface area contributed by atoms with Gasteiger partial charge in [0.05, 0.1) is 24.0 Å². The zero-order chi connectivity index (χ0) is 22.4. The summed E-state index contributed by atoms with van der Waals surface area (Å²) < 4.78 is 19.2. The molecular formula is C25H31NO4S. The Bertz CT molecular complexity index is 973. The van der Waals surface area contributed by atoms with E-state index in [4.69, 9.17) is 9.84 Å². The van der Waals surface area contributed by atoms with E-state index in [1.54, 1.807) is 7.11 Å². The van der Waals surface area contributed by atoms with E-state index in [0.717, 1.165) is 47.8 Å². The topological polar surface area (TPSA) is 75.6 Å². The Kier molecular flexibility index (Phi) is 7.68. The minimum atomic E-state index is -1.23. The molecule has 2 N–H and O–H groups in total. The Labute approximate surface area is 187 Å². The molecule has 0 radical (unpaired) electrons. The van der Waals surface area contributed by atoms with E-state index in [-0.39, 0.29) is 11.6 Å². The molecule has 0 aliphatic carbocycles. The Hall–Kier alpha value is -2.44. The third kappa shape index (κ3) is 5.25. The molecule has 6 heteroatoms. The molecule has 0 aromatic heterocycles. The molecule has 1 unspecified atom stereocenters. The van der Waals surface area contributed by atoms with Crippen LogP contribution in [0.4, 0.5) is 0 Å². The van der Waals surface area contributed by atoms with E-state index in [9.17, 15) is 9.00 Å². The van der Waals surface area contributed by atoms with Crippen molar-refractivity contribution in [3.05, 3.63) is 65.2 Å². The Morgan fingerprint density at radius 3 is 2.65 bits per heavy atom. The molecule has 3 atom stereocenters. The highest BCUT2D eigenvalue weighted by atomic mass is 32.2. The first-order chi connectivity index (χ1) is 14.9. The molecule has 2 aromatic carbocycles. The lowest BCUT2D eigenvalue weighted by Gasteiger charge is -2.36. The number of hydrogen-bond acceptors (Lipinski definition) is 4. The van der Waals surface area contributed by atoms with E-state index >= 15 is 0 Å². The lowest BCUT2D eigenvalue weighted by Crippen LogP contribution is -2.49. The summed E-state index contributed by atoms with van der Waals surface area (Å²) in [5.41, 5.74) is 2.39. The highest BCUT2D eigenvalue weighted by Gasteiger charge is 2.38. The second kappa shape index (κ2) is 10.2. The van der Waals surface area contributed by atoms with Gasteiger partial charge < -0.3 is 9.84 Å². The molecule has 0 saturated carbocycles. The van der Waals surface area contributed by atoms with Crippen LogP contribution in [0.25, 0.3) is 6.08 Å². The third-order valence-corrected chi connectivity index (χ3v) is 7.66. The standard InChI is InChI=1S/C25H31NO4S/c1-4-6-14-25(5-2)17-31(29)22-15-19(12-13-23(27)28)21(30-3)16-20(22)24(26-25)18-10-8-7-9-11-18/h7-13,15-16,24,26H,4-6,14,17H2,1-3H3,(H,27,28)/b13-12+/t24-,25-,31?/m1/s1. The summed E-state index contributed by atoms with van der Waals surface area (Å²) in [7, 11) is 0.332. The smallest absolute Gasteiger partial charge is 0.328 e. The minimum Gasteiger partial charge on any atom is -0.496 e. The first kappa shape index (κ1) is 23.2. The van der Waals surface area contributed by atoms with Crippen molar-refractivity contribution < 1.29 is 18.8 Å². The SMILES string of the molecule is CCCC[C@]1(CC)CS(=O)c2cc(/C=C/C(=O)O)c(OC)cc2[C@@H](c2ccccc2)N1. The molecule has 31 heavy (non-hydrogen) atoms. The second-order valence-electron chi connectivity index (χ2n) is 8.02. The van der Waals surface area contributed by atoms with Gasteiger partial charge in [-0.3, -0.25) is 9.53 Å². The fourth-order valence-corrected chi connectivity index (χ4v) is 5.97. The summed E-state index contributed by atoms with van der Waals surface area (Å²) in [5, 5.41) is 12.9. The fraction of sp³-hybridized carbons (Fsp3) is 0.400. The Balaban J connectivity index is 2.20. The number of nitrogens with one attached hydrogen (secondary N) is 1. The van der Waals surface area contributed by atoms with Crippen molar-refractivity contribution in [3.8, 4) is 5.75 Å². The number of rotatable bonds is 8. The highest BCUT2D eigenvalue weighted by molar-refractivity contribution is 7.85. The number of carboxylic acid groups (broad SMARTS) is 1. The van der Waals surface area contributed by atoms with Gasteiger partial charge in [-0.25, -0.2) is 4.79 Å². The van der Waals surface area contributed by atoms with Crippen LogP contribution in [0, 0.1) is 0 Å². The summed E-state index contributed by atoms with van der Waals surface area (Å²) in [6.45, 7) is 4.33. The van der Waals surface area contributed by atoms with E-state index in [1.807, 2.05) is 30.3 Å². The number of ether oxygens (including phenoxy) is 1. The molecule has 2 aromatic rings. The highest BCUT2D eigenvalue weighted by Crippen LogP contribution is 2.39. The number of carboxylic acids is 1. The van der Waals surface area contributed by atoms with Crippen LogP contribution in [0.1, 0.15) is 62.3 Å². The lowest BCUT2D eigenvalue weighted by molar-refractivity contribution is -0.131. The van der Waals surface area contributed by atoms with Gasteiger partial charge in [-0.2, -0.15) is 0 Å². The van der Waals surface area contributed by atoms with E-state index < -0.39 is 16.8 Å². The zero-order valence-electron chi connectivity index (χ0n) is 18.4. The minimum absolute atomic E-state index is 0.133. The summed E-state index contributed by atoms with van der Waals surface area (Å²) in [5.74, 6) is 0.0499. The molecule has 5 nitrogen and oxygen atoms in total. The molecule has 0 spiro atoms. The second-order valence-corrected chi connectivity index (χ2v) is 9.44. The van der Waals surface area contributed by atoms with Crippen LogP contribution in [0.2, 0.25) is 0 Å². The van der Waals surface area contributed by atoms with Crippen molar-refractivity contribution in [1.82, 2.24) is 5.32 Å². The van der Waals surface area contributed by atoms with Gasteiger partial charge in [0.2, 0.25) is 0 Å². The van der Waals surface area contributed by atoms with Crippen molar-refractivity contribution in [2.24, 2.45) is 0 Å². The molecule has 1 aliphatic heterocycles. The molecule has 166 valence electrons. The molecule has 0 fully saturated rings. The normalized spacial score (nSPS) is 23.3. The van der Waals surface area contributed by atoms with E-state index in [0.29, 0.717) is 17.1 Å². The molecule has 3 rings (SSSR count). The van der Waals surface area contributed by atoms with Gasteiger partial charge in [-0.05, 0) is 42.2 Å². The van der Waals surface area contributed by atoms with Crippen molar-refractivity contribution in [1.29, 1.82) is 0 Å². The number of aliphatic carboxylic acids is 1. The van der Waals surface area contributed by atoms with E-state index in [2.05, 4.69) is 31.3 Å². The molecule has 0 bridgehead atoms.